The van der Waals surface area contributed by atoms with Crippen molar-refractivity contribution >= 4 is 15.9 Å². The van der Waals surface area contributed by atoms with Crippen molar-refractivity contribution in [2.45, 2.75) is 70.2 Å². The van der Waals surface area contributed by atoms with Crippen molar-refractivity contribution in [3.63, 3.8) is 0 Å². The van der Waals surface area contributed by atoms with Gasteiger partial charge in [0.25, 0.3) is 5.91 Å². The van der Waals surface area contributed by atoms with Crippen molar-refractivity contribution in [3.05, 3.63) is 29.8 Å². The fraction of sp³-hybridized carbons (Fsp3) is 0.650. The minimum absolute atomic E-state index is 0.0728. The maximum atomic E-state index is 12.8. The summed E-state index contributed by atoms with van der Waals surface area (Å²) in [6.45, 7) is 7.50. The van der Waals surface area contributed by atoms with Crippen LogP contribution in [0.25, 0.3) is 0 Å². The third-order valence-corrected chi connectivity index (χ3v) is 6.74. The van der Waals surface area contributed by atoms with Gasteiger partial charge in [-0.2, -0.15) is 4.31 Å². The number of carbonyl (C=O) groups is 1. The first-order valence-corrected chi connectivity index (χ1v) is 11.2. The minimum Gasteiger partial charge on any atom is -0.350 e. The molecule has 26 heavy (non-hydrogen) atoms. The number of sulfonamides is 1. The molecular weight excluding hydrogens is 348 g/mol. The van der Waals surface area contributed by atoms with Gasteiger partial charge >= 0.3 is 0 Å². The van der Waals surface area contributed by atoms with E-state index in [2.05, 4.69) is 19.2 Å². The number of hydrogen-bond acceptors (Lipinski definition) is 3. The van der Waals surface area contributed by atoms with E-state index in [-0.39, 0.29) is 16.8 Å². The Bertz CT molecular complexity index is 695. The van der Waals surface area contributed by atoms with Crippen LogP contribution in [-0.4, -0.2) is 37.8 Å². The van der Waals surface area contributed by atoms with E-state index in [9.17, 15) is 13.2 Å². The topological polar surface area (TPSA) is 66.5 Å². The van der Waals surface area contributed by atoms with Gasteiger partial charge in [0.15, 0.2) is 0 Å². The van der Waals surface area contributed by atoms with Gasteiger partial charge in [0.05, 0.1) is 4.90 Å². The summed E-state index contributed by atoms with van der Waals surface area (Å²) in [4.78, 5) is 12.7. The average molecular weight is 381 g/mol. The molecule has 1 aromatic rings. The maximum absolute atomic E-state index is 12.8. The molecule has 1 N–H and O–H groups in total. The monoisotopic (exact) mass is 380 g/mol. The molecule has 0 saturated carbocycles. The number of amides is 1. The maximum Gasteiger partial charge on any atom is 0.251 e. The first-order chi connectivity index (χ1) is 12.3. The SMILES string of the molecule is CC(C)CCCC(C)NC(=O)c1cccc(S(=O)(=O)N2CCCCC2)c1. The molecule has 0 radical (unpaired) electrons. The molecule has 6 heteroatoms. The Labute approximate surface area is 158 Å². The molecule has 2 rings (SSSR count). The Hall–Kier alpha value is -1.40. The van der Waals surface area contributed by atoms with E-state index in [1.54, 1.807) is 18.2 Å². The van der Waals surface area contributed by atoms with Crippen LogP contribution in [0.4, 0.5) is 0 Å². The summed E-state index contributed by atoms with van der Waals surface area (Å²) in [6.07, 6.45) is 6.01. The number of nitrogens with one attached hydrogen (secondary N) is 1. The summed E-state index contributed by atoms with van der Waals surface area (Å²) in [5.41, 5.74) is 0.402. The number of hydrogen-bond donors (Lipinski definition) is 1. The zero-order valence-electron chi connectivity index (χ0n) is 16.2. The largest absolute Gasteiger partial charge is 0.350 e. The van der Waals surface area contributed by atoms with Gasteiger partial charge in [0.1, 0.15) is 0 Å². The molecule has 1 heterocycles. The number of rotatable bonds is 8. The summed E-state index contributed by atoms with van der Waals surface area (Å²) in [7, 11) is -3.52. The lowest BCUT2D eigenvalue weighted by atomic mass is 10.0. The van der Waals surface area contributed by atoms with Gasteiger partial charge < -0.3 is 5.32 Å². The third-order valence-electron chi connectivity index (χ3n) is 4.85. The number of carbonyl (C=O) groups excluding carboxylic acids is 1. The third kappa shape index (κ3) is 5.81. The fourth-order valence-corrected chi connectivity index (χ4v) is 4.83. The summed E-state index contributed by atoms with van der Waals surface area (Å²) in [6, 6.07) is 6.47. The van der Waals surface area contributed by atoms with Gasteiger partial charge in [-0.1, -0.05) is 39.2 Å². The Morgan fingerprint density at radius 2 is 1.81 bits per heavy atom. The minimum atomic E-state index is -3.52. The lowest BCUT2D eigenvalue weighted by Gasteiger charge is -2.26. The van der Waals surface area contributed by atoms with Crippen LogP contribution >= 0.6 is 0 Å². The standard InChI is InChI=1S/C20H32N2O3S/c1-16(2)9-7-10-17(3)21-20(23)18-11-8-12-19(15-18)26(24,25)22-13-5-4-6-14-22/h8,11-12,15-17H,4-7,9-10,13-14H2,1-3H3,(H,21,23). The van der Waals surface area contributed by atoms with Gasteiger partial charge in [0.2, 0.25) is 10.0 Å². The van der Waals surface area contributed by atoms with E-state index in [1.807, 2.05) is 6.92 Å². The second kappa shape index (κ2) is 9.51. The van der Waals surface area contributed by atoms with Crippen molar-refractivity contribution in [1.29, 1.82) is 0 Å². The Kier molecular flexibility index (Phi) is 7.65. The van der Waals surface area contributed by atoms with Crippen LogP contribution < -0.4 is 5.32 Å². The number of nitrogens with zero attached hydrogens (tertiary/aromatic N) is 1. The summed E-state index contributed by atoms with van der Waals surface area (Å²) in [5.74, 6) is 0.451. The number of piperidine rings is 1. The molecule has 5 nitrogen and oxygen atoms in total. The zero-order valence-corrected chi connectivity index (χ0v) is 17.0. The molecule has 1 aromatic carbocycles. The van der Waals surface area contributed by atoms with Crippen molar-refractivity contribution in [2.75, 3.05) is 13.1 Å². The fourth-order valence-electron chi connectivity index (χ4n) is 3.26. The van der Waals surface area contributed by atoms with E-state index in [4.69, 9.17) is 0 Å². The highest BCUT2D eigenvalue weighted by molar-refractivity contribution is 7.89. The van der Waals surface area contributed by atoms with Crippen LogP contribution in [0.5, 0.6) is 0 Å². The Balaban J connectivity index is 2.02. The molecule has 0 aromatic heterocycles. The molecule has 1 atom stereocenters. The second-order valence-electron chi connectivity index (χ2n) is 7.69. The molecule has 1 amide bonds. The Morgan fingerprint density at radius 3 is 2.46 bits per heavy atom. The van der Waals surface area contributed by atoms with Gasteiger partial charge in [-0.25, -0.2) is 8.42 Å². The van der Waals surface area contributed by atoms with Gasteiger partial charge in [0, 0.05) is 24.7 Å². The molecule has 0 spiro atoms. The van der Waals surface area contributed by atoms with Crippen LogP contribution in [0.2, 0.25) is 0 Å². The van der Waals surface area contributed by atoms with E-state index in [1.165, 1.54) is 10.4 Å². The van der Waals surface area contributed by atoms with Gasteiger partial charge in [-0.3, -0.25) is 4.79 Å². The smallest absolute Gasteiger partial charge is 0.251 e. The quantitative estimate of drug-likeness (QED) is 0.746. The van der Waals surface area contributed by atoms with Crippen LogP contribution in [0.1, 0.15) is 69.7 Å². The first-order valence-electron chi connectivity index (χ1n) is 9.72. The number of benzene rings is 1. The lowest BCUT2D eigenvalue weighted by molar-refractivity contribution is 0.0937. The first kappa shape index (κ1) is 20.9. The van der Waals surface area contributed by atoms with Crippen molar-refractivity contribution in [2.24, 2.45) is 5.92 Å². The van der Waals surface area contributed by atoms with Crippen LogP contribution in [0.15, 0.2) is 29.2 Å². The van der Waals surface area contributed by atoms with Crippen LogP contribution in [0.3, 0.4) is 0 Å². The van der Waals surface area contributed by atoms with Crippen LogP contribution in [0, 0.1) is 5.92 Å². The molecule has 0 aliphatic carbocycles. The van der Waals surface area contributed by atoms with E-state index < -0.39 is 10.0 Å². The lowest BCUT2D eigenvalue weighted by Crippen LogP contribution is -2.36. The van der Waals surface area contributed by atoms with E-state index in [0.29, 0.717) is 24.6 Å². The average Bonchev–Trinajstić information content (AvgIpc) is 2.62. The molecule has 146 valence electrons. The van der Waals surface area contributed by atoms with Crippen molar-refractivity contribution in [1.82, 2.24) is 9.62 Å². The molecule has 0 bridgehead atoms. The normalized spacial score (nSPS) is 17.2. The van der Waals surface area contributed by atoms with Gasteiger partial charge in [-0.05, 0) is 50.3 Å². The molecule has 1 aliphatic rings. The summed E-state index contributed by atoms with van der Waals surface area (Å²) < 4.78 is 27.1. The van der Waals surface area contributed by atoms with Crippen molar-refractivity contribution < 1.29 is 13.2 Å². The highest BCUT2D eigenvalue weighted by atomic mass is 32.2. The zero-order chi connectivity index (χ0) is 19.2. The highest BCUT2D eigenvalue weighted by Crippen LogP contribution is 2.21. The van der Waals surface area contributed by atoms with E-state index in [0.717, 1.165) is 38.5 Å². The molecule has 1 fully saturated rings. The van der Waals surface area contributed by atoms with E-state index >= 15 is 0 Å². The summed E-state index contributed by atoms with van der Waals surface area (Å²) >= 11 is 0. The second-order valence-corrected chi connectivity index (χ2v) is 9.63. The van der Waals surface area contributed by atoms with Gasteiger partial charge in [-0.15, -0.1) is 0 Å². The molecule has 1 aliphatic heterocycles. The molecular formula is C20H32N2O3S. The predicted octanol–water partition coefficient (Wildman–Crippen LogP) is 3.81. The van der Waals surface area contributed by atoms with Crippen LogP contribution in [-0.2, 0) is 10.0 Å². The summed E-state index contributed by atoms with van der Waals surface area (Å²) in [5, 5.41) is 2.98. The van der Waals surface area contributed by atoms with Crippen molar-refractivity contribution in [3.8, 4) is 0 Å². The molecule has 1 saturated heterocycles. The highest BCUT2D eigenvalue weighted by Gasteiger charge is 2.26. The molecule has 1 unspecified atom stereocenters. The predicted molar refractivity (Wildman–Crippen MR) is 105 cm³/mol. The Morgan fingerprint density at radius 1 is 1.12 bits per heavy atom.